The SMILES string of the molecule is CC(C)(C)c1cc(-c2cc3c4c(c2)N(c2c(-c5ccccc5)cc(C(C)(C)C)cc2-c2ccccc2)c2ccccc2B4c2cc4c(cc2N3c2cc(C(C)(C)C)cc(C(C)(C)C)c2)Oc2cc3cc(-c5cccc6c5C5(c7ccccc7-c7ccccc75)c5ccccc5-6)ccc3c3c2B4c2ccccc2N3c2ccccc2)cc(C(C)(C)C)c1. The molecule has 4 aliphatic heterocycles. The van der Waals surface area contributed by atoms with Crippen molar-refractivity contribution >= 4 is 108 Å². The van der Waals surface area contributed by atoms with Crippen LogP contribution in [0.3, 0.4) is 0 Å². The lowest BCUT2D eigenvalue weighted by Gasteiger charge is -2.46. The molecule has 4 nitrogen and oxygen atoms in total. The third-order valence-corrected chi connectivity index (χ3v) is 27.4. The van der Waals surface area contributed by atoms with E-state index in [1.165, 1.54) is 122 Å². The van der Waals surface area contributed by atoms with Gasteiger partial charge in [-0.2, -0.15) is 0 Å². The number of anilines is 9. The fourth-order valence-electron chi connectivity index (χ4n) is 21.3. The number of benzene rings is 16. The van der Waals surface area contributed by atoms with Gasteiger partial charge in [-0.15, -0.1) is 0 Å². The first-order chi connectivity index (χ1) is 58.2. The minimum atomic E-state index is -0.540. The quantitative estimate of drug-likeness (QED) is 0.148. The van der Waals surface area contributed by atoms with Crippen LogP contribution >= 0.6 is 0 Å². The number of nitrogens with zero attached hydrogens (tertiary/aromatic N) is 3. The summed E-state index contributed by atoms with van der Waals surface area (Å²) in [4.78, 5) is 7.95. The van der Waals surface area contributed by atoms with Crippen LogP contribution in [0, 0.1) is 0 Å². The lowest BCUT2D eigenvalue weighted by molar-refractivity contribution is 0.488. The third-order valence-electron chi connectivity index (χ3n) is 27.4. The van der Waals surface area contributed by atoms with Crippen molar-refractivity contribution in [2.24, 2.45) is 0 Å². The molecule has 6 heteroatoms. The number of hydrogen-bond donors (Lipinski definition) is 0. The molecule has 0 atom stereocenters. The summed E-state index contributed by atoms with van der Waals surface area (Å²) in [6.45, 7) is 35.1. The molecule has 0 radical (unpaired) electrons. The molecule has 0 amide bonds. The Balaban J connectivity index is 0.841. The van der Waals surface area contributed by atoms with Gasteiger partial charge in [-0.05, 0) is 244 Å². The highest BCUT2D eigenvalue weighted by Crippen LogP contribution is 2.65. The van der Waals surface area contributed by atoms with E-state index in [4.69, 9.17) is 4.74 Å². The normalized spacial score (nSPS) is 14.3. The van der Waals surface area contributed by atoms with E-state index < -0.39 is 5.41 Å². The van der Waals surface area contributed by atoms with Crippen molar-refractivity contribution < 1.29 is 4.74 Å². The Kier molecular flexibility index (Phi) is 16.3. The van der Waals surface area contributed by atoms with Crippen molar-refractivity contribution in [3.05, 3.63) is 378 Å². The molecule has 0 saturated carbocycles. The molecule has 586 valence electrons. The van der Waals surface area contributed by atoms with Crippen molar-refractivity contribution in [2.75, 3.05) is 14.7 Å². The van der Waals surface area contributed by atoms with Crippen LogP contribution in [0.5, 0.6) is 11.5 Å². The molecule has 0 aromatic heterocycles. The minimum absolute atomic E-state index is 0.152. The van der Waals surface area contributed by atoms with Crippen molar-refractivity contribution in [3.8, 4) is 78.3 Å². The van der Waals surface area contributed by atoms with Crippen LogP contribution in [-0.2, 0) is 32.5 Å². The topological polar surface area (TPSA) is 19.0 Å². The predicted molar refractivity (Wildman–Crippen MR) is 515 cm³/mol. The van der Waals surface area contributed by atoms with Gasteiger partial charge in [0.15, 0.2) is 0 Å². The van der Waals surface area contributed by atoms with Gasteiger partial charge >= 0.3 is 0 Å². The first-order valence-corrected chi connectivity index (χ1v) is 43.5. The van der Waals surface area contributed by atoms with E-state index in [-0.39, 0.29) is 40.5 Å². The van der Waals surface area contributed by atoms with Crippen molar-refractivity contribution in [1.82, 2.24) is 0 Å². The molecule has 121 heavy (non-hydrogen) atoms. The van der Waals surface area contributed by atoms with Gasteiger partial charge in [0.25, 0.3) is 13.4 Å². The Bertz CT molecular complexity index is 6850. The summed E-state index contributed by atoms with van der Waals surface area (Å²) in [5.41, 5.74) is 42.4. The van der Waals surface area contributed by atoms with Gasteiger partial charge in [-0.3, -0.25) is 0 Å². The maximum atomic E-state index is 8.16. The van der Waals surface area contributed by atoms with E-state index in [1.807, 2.05) is 0 Å². The molecule has 22 rings (SSSR count). The summed E-state index contributed by atoms with van der Waals surface area (Å²) < 4.78 is 8.16. The molecule has 1 spiro atoms. The summed E-state index contributed by atoms with van der Waals surface area (Å²) in [6, 6.07) is 127. The standard InChI is InChI=1S/C115H99B2N3O/c1-110(2,3)76-57-73(58-77(62-76)111(4,5)6)74-59-101-106-102(60-74)120(108-89(70-36-19-16-20-37-70)66-80(114(13,14)15)67-90(108)71-38-21-17-22-39-71)99-53-34-32-51-95(99)116(106)96-68-97-103(69-100(96)118(101)82-64-78(112(7,8)9)63-79(65-82)113(10,11)12)121-104-61-75-56-72(54-55-84(75)109-107(104)117(97)94-50-31-33-52-98(94)119(109)81-40-23-18-24-41-81)83-45-35-46-88-87-44-27-30-49-93(87)115(105(83)88)91-47-28-25-42-85(91)86-43-26-29-48-92(86)115/h16-69H,1-15H3. The molecule has 2 aliphatic carbocycles. The molecule has 0 unspecified atom stereocenters. The number of rotatable bonds is 7. The average molecular weight is 1560 g/mol. The molecule has 0 saturated heterocycles. The van der Waals surface area contributed by atoms with Crippen molar-refractivity contribution in [3.63, 3.8) is 0 Å². The number of fused-ring (bicyclic) bond motifs is 20. The Hall–Kier alpha value is -12.9. The fraction of sp³-hybridized carbons (Fsp3) is 0.183. The molecular formula is C115H99B2N3O. The Morgan fingerprint density at radius 3 is 1.23 bits per heavy atom. The smallest absolute Gasteiger partial charge is 0.256 e. The second-order valence-corrected chi connectivity index (χ2v) is 40.0. The summed E-state index contributed by atoms with van der Waals surface area (Å²) in [7, 11) is 0. The van der Waals surface area contributed by atoms with Crippen LogP contribution in [0.2, 0.25) is 0 Å². The summed E-state index contributed by atoms with van der Waals surface area (Å²) in [5.74, 6) is 1.71. The molecule has 6 aliphatic rings. The maximum absolute atomic E-state index is 8.16. The molecule has 16 aromatic rings. The number of hydrogen-bond acceptors (Lipinski definition) is 4. The zero-order chi connectivity index (χ0) is 82.9. The van der Waals surface area contributed by atoms with Gasteiger partial charge < -0.3 is 19.4 Å². The van der Waals surface area contributed by atoms with E-state index >= 15 is 0 Å². The number of para-hydroxylation sites is 3. The van der Waals surface area contributed by atoms with Crippen LogP contribution in [-0.4, -0.2) is 13.4 Å². The van der Waals surface area contributed by atoms with Gasteiger partial charge in [-0.25, -0.2) is 0 Å². The van der Waals surface area contributed by atoms with Crippen LogP contribution < -0.4 is 52.2 Å². The molecule has 0 bridgehead atoms. The Morgan fingerprint density at radius 2 is 0.686 bits per heavy atom. The van der Waals surface area contributed by atoms with Crippen LogP contribution in [0.15, 0.2) is 328 Å². The van der Waals surface area contributed by atoms with Crippen LogP contribution in [0.4, 0.5) is 51.2 Å². The Morgan fingerprint density at radius 1 is 0.248 bits per heavy atom. The first-order valence-electron chi connectivity index (χ1n) is 43.5. The zero-order valence-electron chi connectivity index (χ0n) is 72.1. The highest BCUT2D eigenvalue weighted by Gasteiger charge is 2.54. The van der Waals surface area contributed by atoms with Crippen LogP contribution in [0.25, 0.3) is 77.5 Å². The summed E-state index contributed by atoms with van der Waals surface area (Å²) in [5, 5.41) is 2.27. The van der Waals surface area contributed by atoms with Crippen LogP contribution in [0.1, 0.15) is 154 Å². The van der Waals surface area contributed by atoms with Gasteiger partial charge in [0.1, 0.15) is 11.5 Å². The maximum Gasteiger partial charge on any atom is 0.256 e. The monoisotopic (exact) mass is 1560 g/mol. The second-order valence-electron chi connectivity index (χ2n) is 40.0. The van der Waals surface area contributed by atoms with E-state index in [9.17, 15) is 0 Å². The van der Waals surface area contributed by atoms with Gasteiger partial charge in [-0.1, -0.05) is 353 Å². The first kappa shape index (κ1) is 74.4. The average Bonchev–Trinajstić information content (AvgIpc) is 1.67. The summed E-state index contributed by atoms with van der Waals surface area (Å²) in [6.07, 6.45) is 0. The highest BCUT2D eigenvalue weighted by molar-refractivity contribution is 7.02. The fourth-order valence-corrected chi connectivity index (χ4v) is 21.3. The van der Waals surface area contributed by atoms with Crippen molar-refractivity contribution in [2.45, 2.75) is 136 Å². The Labute approximate surface area is 715 Å². The van der Waals surface area contributed by atoms with E-state index in [0.717, 1.165) is 101 Å². The zero-order valence-corrected chi connectivity index (χ0v) is 72.1. The highest BCUT2D eigenvalue weighted by atomic mass is 16.5. The summed E-state index contributed by atoms with van der Waals surface area (Å²) >= 11 is 0. The van der Waals surface area contributed by atoms with E-state index in [2.05, 4.69) is 446 Å². The van der Waals surface area contributed by atoms with Gasteiger partial charge in [0.2, 0.25) is 0 Å². The van der Waals surface area contributed by atoms with E-state index in [1.54, 1.807) is 0 Å². The van der Waals surface area contributed by atoms with Crippen molar-refractivity contribution in [1.29, 1.82) is 0 Å². The lowest BCUT2D eigenvalue weighted by atomic mass is 9.30. The minimum Gasteiger partial charge on any atom is -0.458 e. The predicted octanol–water partition coefficient (Wildman–Crippen LogP) is 26.8. The largest absolute Gasteiger partial charge is 0.458 e. The number of ether oxygens (including phenoxy) is 1. The molecule has 4 heterocycles. The van der Waals surface area contributed by atoms with Gasteiger partial charge in [0, 0.05) is 62.4 Å². The van der Waals surface area contributed by atoms with Gasteiger partial charge in [0.05, 0.1) is 16.8 Å². The van der Waals surface area contributed by atoms with E-state index in [0.29, 0.717) is 0 Å². The molecule has 0 fully saturated rings. The lowest BCUT2D eigenvalue weighted by Crippen LogP contribution is -2.64. The third kappa shape index (κ3) is 11.3. The molecule has 0 N–H and O–H groups in total. The second kappa shape index (κ2) is 26.6. The molecule has 16 aromatic carbocycles. The molecular weight excluding hydrogens is 1460 g/mol.